The molecule has 1 heterocycles. The summed E-state index contributed by atoms with van der Waals surface area (Å²) in [4.78, 5) is 29.2. The summed E-state index contributed by atoms with van der Waals surface area (Å²) in [6, 6.07) is 9.02. The minimum Gasteiger partial charge on any atom is -0.453 e. The van der Waals surface area contributed by atoms with E-state index >= 15 is 0 Å². The van der Waals surface area contributed by atoms with Gasteiger partial charge in [0.15, 0.2) is 0 Å². The maximum Gasteiger partial charge on any atom is 0.416 e. The topological polar surface area (TPSA) is 59.1 Å². The van der Waals surface area contributed by atoms with Gasteiger partial charge < -0.3 is 19.3 Å². The highest BCUT2D eigenvalue weighted by Gasteiger charge is 2.43. The molecule has 2 aromatic carbocycles. The number of amides is 2. The van der Waals surface area contributed by atoms with Crippen LogP contribution in [0.25, 0.3) is 0 Å². The Bertz CT molecular complexity index is 1190. The lowest BCUT2D eigenvalue weighted by atomic mass is 9.86. The summed E-state index contributed by atoms with van der Waals surface area (Å²) in [5.41, 5.74) is -3.15. The zero-order valence-corrected chi connectivity index (χ0v) is 24.2. The van der Waals surface area contributed by atoms with E-state index < -0.39 is 65.9 Å². The van der Waals surface area contributed by atoms with Gasteiger partial charge in [-0.05, 0) is 75.8 Å². The standard InChI is InChI=1S/C30H36F6N2O4/c1-6-23-16-24(17-25(14-19-10-8-7-9-11-19)38(23)27(40)42-28(2,3)4)37(26(39)41-5)18-20-12-21(29(31,32)33)15-22(13-20)30(34,35)36/h7-13,15,23-25H,6,14,16-18H2,1-5H3/t23-,24+,25+/m1/s1. The lowest BCUT2D eigenvalue weighted by molar-refractivity contribution is -0.143. The fourth-order valence-corrected chi connectivity index (χ4v) is 5.32. The Hall–Kier alpha value is -3.44. The van der Waals surface area contributed by atoms with Crippen LogP contribution in [0.2, 0.25) is 0 Å². The highest BCUT2D eigenvalue weighted by atomic mass is 19.4. The van der Waals surface area contributed by atoms with Gasteiger partial charge in [0.25, 0.3) is 0 Å². The van der Waals surface area contributed by atoms with Gasteiger partial charge in [0.2, 0.25) is 0 Å². The molecule has 42 heavy (non-hydrogen) atoms. The quantitative estimate of drug-likeness (QED) is 0.314. The summed E-state index contributed by atoms with van der Waals surface area (Å²) in [7, 11) is 1.09. The van der Waals surface area contributed by atoms with E-state index in [-0.39, 0.29) is 24.5 Å². The third-order valence-electron chi connectivity index (χ3n) is 7.12. The highest BCUT2D eigenvalue weighted by molar-refractivity contribution is 5.70. The molecular weight excluding hydrogens is 566 g/mol. The average molecular weight is 603 g/mol. The molecule has 3 atom stereocenters. The Balaban J connectivity index is 2.03. The maximum absolute atomic E-state index is 13.5. The zero-order valence-electron chi connectivity index (χ0n) is 24.2. The van der Waals surface area contributed by atoms with Crippen molar-refractivity contribution in [3.05, 3.63) is 70.8 Å². The number of piperidine rings is 1. The van der Waals surface area contributed by atoms with Gasteiger partial charge in [-0.2, -0.15) is 26.3 Å². The van der Waals surface area contributed by atoms with E-state index in [0.29, 0.717) is 25.0 Å². The third-order valence-corrected chi connectivity index (χ3v) is 7.12. The molecule has 0 aliphatic carbocycles. The number of carbonyl (C=O) groups excluding carboxylic acids is 2. The minimum absolute atomic E-state index is 0.0499. The van der Waals surface area contributed by atoms with E-state index in [9.17, 15) is 35.9 Å². The van der Waals surface area contributed by atoms with Crippen LogP contribution in [-0.2, 0) is 34.8 Å². The predicted molar refractivity (Wildman–Crippen MR) is 144 cm³/mol. The molecule has 0 N–H and O–H groups in total. The van der Waals surface area contributed by atoms with Gasteiger partial charge in [0.05, 0.1) is 18.2 Å². The Kier molecular flexibility index (Phi) is 10.1. The molecule has 0 bridgehead atoms. The number of benzene rings is 2. The van der Waals surface area contributed by atoms with Crippen LogP contribution in [0.1, 0.15) is 69.2 Å². The highest BCUT2D eigenvalue weighted by Crippen LogP contribution is 2.38. The Morgan fingerprint density at radius 2 is 1.43 bits per heavy atom. The summed E-state index contributed by atoms with van der Waals surface area (Å²) < 4.78 is 91.8. The first kappa shape index (κ1) is 33.1. The zero-order chi connectivity index (χ0) is 31.5. The van der Waals surface area contributed by atoms with Crippen molar-refractivity contribution >= 4 is 12.2 Å². The smallest absolute Gasteiger partial charge is 0.416 e. The predicted octanol–water partition coefficient (Wildman–Crippen LogP) is 8.08. The monoisotopic (exact) mass is 602 g/mol. The van der Waals surface area contributed by atoms with Crippen molar-refractivity contribution in [1.29, 1.82) is 0 Å². The molecule has 0 aromatic heterocycles. The van der Waals surface area contributed by atoms with Crippen LogP contribution >= 0.6 is 0 Å². The Morgan fingerprint density at radius 3 is 1.90 bits per heavy atom. The van der Waals surface area contributed by atoms with E-state index in [2.05, 4.69) is 0 Å². The molecule has 6 nitrogen and oxygen atoms in total. The van der Waals surface area contributed by atoms with Gasteiger partial charge in [0, 0.05) is 24.7 Å². The number of hydrogen-bond donors (Lipinski definition) is 0. The van der Waals surface area contributed by atoms with Crippen molar-refractivity contribution in [3.63, 3.8) is 0 Å². The number of halogens is 6. The second-order valence-electron chi connectivity index (χ2n) is 11.4. The molecule has 2 aromatic rings. The lowest BCUT2D eigenvalue weighted by Crippen LogP contribution is -2.58. The number of hydrogen-bond acceptors (Lipinski definition) is 4. The average Bonchev–Trinajstić information content (AvgIpc) is 2.89. The number of rotatable bonds is 6. The first-order chi connectivity index (χ1) is 19.4. The number of likely N-dealkylation sites (tertiary alicyclic amines) is 1. The molecular formula is C30H36F6N2O4. The van der Waals surface area contributed by atoms with E-state index in [0.717, 1.165) is 17.6 Å². The third kappa shape index (κ3) is 8.54. The van der Waals surface area contributed by atoms with Crippen molar-refractivity contribution in [3.8, 4) is 0 Å². The second kappa shape index (κ2) is 12.8. The number of alkyl halides is 6. The number of nitrogens with zero attached hydrogens (tertiary/aromatic N) is 2. The largest absolute Gasteiger partial charge is 0.453 e. The number of methoxy groups -OCH3 is 1. The van der Waals surface area contributed by atoms with Crippen molar-refractivity contribution in [2.24, 2.45) is 0 Å². The van der Waals surface area contributed by atoms with Crippen LogP contribution in [0.15, 0.2) is 48.5 Å². The fourth-order valence-electron chi connectivity index (χ4n) is 5.32. The molecule has 0 unspecified atom stereocenters. The van der Waals surface area contributed by atoms with Gasteiger partial charge in [-0.1, -0.05) is 37.3 Å². The fraction of sp³-hybridized carbons (Fsp3) is 0.533. The molecule has 1 fully saturated rings. The van der Waals surface area contributed by atoms with E-state index in [1.54, 1.807) is 25.7 Å². The van der Waals surface area contributed by atoms with Crippen molar-refractivity contribution < 1.29 is 45.4 Å². The molecule has 0 radical (unpaired) electrons. The molecule has 0 spiro atoms. The van der Waals surface area contributed by atoms with Crippen molar-refractivity contribution in [2.45, 2.75) is 96.0 Å². The van der Waals surface area contributed by atoms with Gasteiger partial charge in [-0.3, -0.25) is 0 Å². The van der Waals surface area contributed by atoms with Gasteiger partial charge >= 0.3 is 24.5 Å². The minimum atomic E-state index is -5.03. The van der Waals surface area contributed by atoms with Gasteiger partial charge in [0.1, 0.15) is 5.60 Å². The summed E-state index contributed by atoms with van der Waals surface area (Å²) in [5.74, 6) is 0. The normalized spacial score (nSPS) is 19.8. The molecule has 1 saturated heterocycles. The van der Waals surface area contributed by atoms with E-state index in [1.807, 2.05) is 37.3 Å². The summed E-state index contributed by atoms with van der Waals surface area (Å²) in [6.07, 6.45) is -10.2. The van der Waals surface area contributed by atoms with Gasteiger partial charge in [-0.15, -0.1) is 0 Å². The SMILES string of the molecule is CC[C@@H]1C[C@H](N(Cc2cc(C(F)(F)F)cc(C(F)(F)F)c2)C(=O)OC)C[C@H](Cc2ccccc2)N1C(=O)OC(C)(C)C. The van der Waals surface area contributed by atoms with E-state index in [1.165, 1.54) is 0 Å². The van der Waals surface area contributed by atoms with Crippen molar-refractivity contribution in [2.75, 3.05) is 7.11 Å². The van der Waals surface area contributed by atoms with Crippen LogP contribution in [0, 0.1) is 0 Å². The van der Waals surface area contributed by atoms with Crippen LogP contribution in [0.5, 0.6) is 0 Å². The van der Waals surface area contributed by atoms with Gasteiger partial charge in [-0.25, -0.2) is 9.59 Å². The Labute approximate surface area is 241 Å². The molecule has 3 rings (SSSR count). The first-order valence-corrected chi connectivity index (χ1v) is 13.6. The molecule has 232 valence electrons. The number of carbonyl (C=O) groups is 2. The Morgan fingerprint density at radius 1 is 0.881 bits per heavy atom. The van der Waals surface area contributed by atoms with Crippen LogP contribution < -0.4 is 0 Å². The summed E-state index contributed by atoms with van der Waals surface area (Å²) >= 11 is 0. The van der Waals surface area contributed by atoms with Crippen molar-refractivity contribution in [1.82, 2.24) is 9.80 Å². The van der Waals surface area contributed by atoms with Crippen LogP contribution in [0.3, 0.4) is 0 Å². The number of ether oxygens (including phenoxy) is 2. The molecule has 0 saturated carbocycles. The summed E-state index contributed by atoms with van der Waals surface area (Å²) in [6.45, 7) is 6.54. The molecule has 2 amide bonds. The lowest BCUT2D eigenvalue weighted by Gasteiger charge is -2.47. The molecule has 12 heteroatoms. The first-order valence-electron chi connectivity index (χ1n) is 13.6. The van der Waals surface area contributed by atoms with E-state index in [4.69, 9.17) is 9.47 Å². The van der Waals surface area contributed by atoms with Crippen LogP contribution in [0.4, 0.5) is 35.9 Å². The molecule has 1 aliphatic rings. The molecule has 1 aliphatic heterocycles. The summed E-state index contributed by atoms with van der Waals surface area (Å²) in [5, 5.41) is 0. The van der Waals surface area contributed by atoms with Crippen LogP contribution in [-0.4, -0.2) is 52.8 Å². The maximum atomic E-state index is 13.5. The second-order valence-corrected chi connectivity index (χ2v) is 11.4.